The lowest BCUT2D eigenvalue weighted by Crippen LogP contribution is -2.51. The second kappa shape index (κ2) is 43.9. The molecule has 4 aromatic carbocycles. The van der Waals surface area contributed by atoms with Gasteiger partial charge in [0.1, 0.15) is 48.4 Å². The first kappa shape index (κ1) is 48.4. The van der Waals surface area contributed by atoms with Crippen LogP contribution in [0.1, 0.15) is 299 Å². The fourth-order valence-corrected chi connectivity index (χ4v) is 16.8. The Labute approximate surface area is 789 Å². The van der Waals surface area contributed by atoms with Crippen LogP contribution in [0.5, 0.6) is 46.0 Å². The van der Waals surface area contributed by atoms with E-state index in [-0.39, 0.29) is 200 Å². The number of carbonyl (C=O) groups excluding carboxylic acids is 4. The molecule has 0 radical (unpaired) electrons. The lowest BCUT2D eigenvalue weighted by Gasteiger charge is -2.47. The first-order valence-electron chi connectivity index (χ1n) is 65.0. The number of hydrogen-bond donors (Lipinski definition) is 4. The molecule has 120 heavy (non-hydrogen) atoms. The Morgan fingerprint density at radius 2 is 0.617 bits per heavy atom. The van der Waals surface area contributed by atoms with Crippen molar-refractivity contribution in [2.24, 2.45) is 93.9 Å². The number of nitrogens with two attached hydrogens (primary N) is 4. The van der Waals surface area contributed by atoms with Crippen molar-refractivity contribution in [3.05, 3.63) is 92.8 Å². The van der Waals surface area contributed by atoms with E-state index in [2.05, 4.69) is 0 Å². The maximum Gasteiger partial charge on any atom is 0.323 e. The molecule has 4 saturated heterocycles. The van der Waals surface area contributed by atoms with Crippen LogP contribution in [0.15, 0.2) is 48.3 Å². The van der Waals surface area contributed by atoms with Crippen LogP contribution in [0.3, 0.4) is 0 Å². The van der Waals surface area contributed by atoms with Crippen molar-refractivity contribution in [2.45, 2.75) is 260 Å². The molecule has 0 saturated carbocycles. The van der Waals surface area contributed by atoms with Crippen LogP contribution in [-0.4, -0.2) is 201 Å². The molecular weight excluding hydrogens is 1520 g/mol. The van der Waals surface area contributed by atoms with Crippen LogP contribution in [0, 0.1) is 70.9 Å². The molecule has 12 rings (SSSR count). The smallest absolute Gasteiger partial charge is 0.323 e. The van der Waals surface area contributed by atoms with Gasteiger partial charge in [0.2, 0.25) is 0 Å². The van der Waals surface area contributed by atoms with Gasteiger partial charge in [-0.15, -0.1) is 0 Å². The van der Waals surface area contributed by atoms with E-state index >= 15 is 0 Å². The van der Waals surface area contributed by atoms with Crippen molar-refractivity contribution in [1.29, 1.82) is 0 Å². The Morgan fingerprint density at radius 3 is 0.900 bits per heavy atom. The number of ether oxygens (including phenoxy) is 12. The van der Waals surface area contributed by atoms with Gasteiger partial charge in [-0.05, 0) is 191 Å². The fourth-order valence-electron chi connectivity index (χ4n) is 16.8. The van der Waals surface area contributed by atoms with E-state index in [0.717, 1.165) is 7.11 Å². The monoisotopic (exact) mass is 1720 g/mol. The molecule has 0 spiro atoms. The molecule has 8 aliphatic heterocycles. The first-order valence-corrected chi connectivity index (χ1v) is 40.0. The third-order valence-corrected chi connectivity index (χ3v) is 22.3. The van der Waals surface area contributed by atoms with Gasteiger partial charge in [0.05, 0.1) is 86.9 Å². The molecule has 24 heteroatoms. The van der Waals surface area contributed by atoms with Gasteiger partial charge in [-0.25, -0.2) is 0 Å². The maximum absolute atomic E-state index is 13.5. The van der Waals surface area contributed by atoms with Gasteiger partial charge in [0.25, 0.3) is 0 Å². The lowest BCUT2D eigenvalue weighted by molar-refractivity contribution is -0.161. The zero-order chi connectivity index (χ0) is 131. The van der Waals surface area contributed by atoms with Crippen LogP contribution in [-0.2, 0) is 63.8 Å². The molecule has 0 aliphatic carbocycles. The largest absolute Gasteiger partial charge is 0.493 e. The van der Waals surface area contributed by atoms with E-state index in [9.17, 15) is 24.7 Å². The summed E-state index contributed by atoms with van der Waals surface area (Å²) in [6.45, 7) is -12.2. The molecule has 12 unspecified atom stereocenters. The summed E-state index contributed by atoms with van der Waals surface area (Å²) >= 11 is 0. The number of carbonyl (C=O) groups is 4. The number of benzene rings is 4. The van der Waals surface area contributed by atoms with Gasteiger partial charge < -0.3 is 79.8 Å². The molecule has 16 atom stereocenters. The second-order valence-electron chi connectivity index (χ2n) is 32.4. The number of hydrogen-bond acceptors (Lipinski definition) is 24. The molecule has 8 heterocycles. The molecule has 8 N–H and O–H groups in total. The lowest BCUT2D eigenvalue weighted by atomic mass is 9.79. The van der Waals surface area contributed by atoms with Gasteiger partial charge in [0.15, 0.2) is 46.0 Å². The van der Waals surface area contributed by atoms with Gasteiger partial charge >= 0.3 is 23.9 Å². The summed E-state index contributed by atoms with van der Waals surface area (Å²) in [6, 6.07) is -21.1. The Bertz CT molecular complexity index is 6300. The molecule has 4 fully saturated rings. The van der Waals surface area contributed by atoms with Crippen LogP contribution >= 0.6 is 0 Å². The van der Waals surface area contributed by atoms with Crippen LogP contribution < -0.4 is 60.8 Å². The first-order chi connectivity index (χ1) is 76.7. The minimum atomic E-state index is -3.81. The molecule has 0 aromatic heterocycles. The maximum atomic E-state index is 13.5. The van der Waals surface area contributed by atoms with Crippen molar-refractivity contribution >= 4 is 23.9 Å². The molecule has 672 valence electrons. The number of fused-ring (bicyclic) bond motifs is 12. The molecule has 4 aromatic rings. The zero-order valence-corrected chi connectivity index (χ0v) is 70.7. The summed E-state index contributed by atoms with van der Waals surface area (Å²) in [5, 5.41) is 0. The number of nitrogens with zero attached hydrogens (tertiary/aromatic N) is 4. The van der Waals surface area contributed by atoms with Crippen LogP contribution in [0.2, 0.25) is 0 Å². The van der Waals surface area contributed by atoms with E-state index in [1.54, 1.807) is 4.90 Å². The normalized spacial score (nSPS) is 35.9. The van der Waals surface area contributed by atoms with E-state index in [0.29, 0.717) is 74.8 Å². The van der Waals surface area contributed by atoms with E-state index in [1.165, 1.54) is 35.5 Å². The van der Waals surface area contributed by atoms with Crippen molar-refractivity contribution in [3.63, 3.8) is 0 Å². The highest BCUT2D eigenvalue weighted by atomic mass is 16.6. The van der Waals surface area contributed by atoms with Crippen molar-refractivity contribution in [3.8, 4) is 46.0 Å². The fraction of sp³-hybridized carbons (Fsp3) is 0.708. The standard InChI is InChI=1S/4C24H38N2O4/c4*1-14(2)9-17-13-26-8-7-16-10-21(28-5)22(29-6)11-18(16)19(26)12-20(17)30-24(27)23(25)15(3)4/h4*10-11,14-15,17,19-20,23H,7-9,12-13,25H2,1-6H3/t4*17?,19?,20?,23-/m0000/s1/i3D3,4D3,5D3,10D,11D,15D,20D,23D;3D3,4D3,5D3,10D,11D,15D,19D,23D;3D3,4D3,10D,11D,15D,20D,23D;3D3,4D3,10D,11D,15D,19D,23D. The topological polar surface area (TPSA) is 296 Å². The van der Waals surface area contributed by atoms with Crippen molar-refractivity contribution in [2.75, 3.05) is 109 Å². The second-order valence-corrected chi connectivity index (χ2v) is 32.4. The number of methoxy groups -OCH3 is 8. The number of piperidine rings is 4. The van der Waals surface area contributed by atoms with Crippen LogP contribution in [0.25, 0.3) is 0 Å². The molecule has 0 amide bonds. The Hall–Kier alpha value is -7.16. The Kier molecular flexibility index (Phi) is 17.7. The summed E-state index contributed by atoms with van der Waals surface area (Å²) < 4.78 is 468. The number of esters is 4. The predicted octanol–water partition coefficient (Wildman–Crippen LogP) is 14.3. The molecule has 0 bridgehead atoms. The zero-order valence-electron chi connectivity index (χ0n) is 121. The average molecular weight is 1720 g/mol. The van der Waals surface area contributed by atoms with E-state index < -0.39 is 230 Å². The number of rotatable bonds is 28. The van der Waals surface area contributed by atoms with Crippen LogP contribution in [0.4, 0.5) is 0 Å². The minimum Gasteiger partial charge on any atom is -0.493 e. The summed E-state index contributed by atoms with van der Waals surface area (Å²) in [4.78, 5) is 61.2. The molecular formula is C96H152N8O16. The molecule has 8 aliphatic rings. The third kappa shape index (κ3) is 23.8. The van der Waals surface area contributed by atoms with E-state index in [1.807, 2.05) is 70.1 Å². The highest BCUT2D eigenvalue weighted by Crippen LogP contribution is 2.50. The summed E-state index contributed by atoms with van der Waals surface area (Å²) in [5.41, 5.74) is 25.2. The molecule has 24 nitrogen and oxygen atoms in total. The summed E-state index contributed by atoms with van der Waals surface area (Å²) in [5.74, 6) is -25.8. The third-order valence-electron chi connectivity index (χ3n) is 22.3. The van der Waals surface area contributed by atoms with Crippen molar-refractivity contribution < 1.29 is 145 Å². The summed E-state index contributed by atoms with van der Waals surface area (Å²) in [7, 11) is 1.82. The van der Waals surface area contributed by atoms with Gasteiger partial charge in [-0.2, -0.15) is 0 Å². The van der Waals surface area contributed by atoms with Gasteiger partial charge in [-0.1, -0.05) is 110 Å². The van der Waals surface area contributed by atoms with Crippen molar-refractivity contribution in [1.82, 2.24) is 19.6 Å². The van der Waals surface area contributed by atoms with Gasteiger partial charge in [0, 0.05) is 164 Å². The Morgan fingerprint density at radius 1 is 0.367 bits per heavy atom. The minimum absolute atomic E-state index is 0.00255. The quantitative estimate of drug-likeness (QED) is 0.0303. The average Bonchev–Trinajstić information content (AvgIpc) is 0.713. The SMILES string of the molecule is [2H]c1c2c(c([2H])c(OC)c1OC([2H])([2H])[2H])C1([2H])CC(OC(=O)[C@@]([2H])(N)C([2H])(C([2H])([2H])[2H])C([2H])([2H])[2H])C(CC(C)C)CN1CC2.[2H]c1c2c(c([2H])c(OC)c1OC([2H])([2H])[2H])C1CC([2H])(OC(=O)[C@@]([2H])(N)C([2H])(C([2H])([2H])[2H])C([2H])([2H])[2H])C(CC(C)C)CN1CC2.[2H]c1c2c(c([2H])c(OC)c1OC)C1([2H])CC(OC(=O)[C@@]([2H])(N)C([2H])(C([2H])([2H])[2H])C([2H])([2H])[2H])C(CC(C)C)CN1CC2.[2H]c1c2c(c([2H])c(OC)c1OC)C1CC([2H])(OC(=O)[C@@]([2H])(N)C([2H])(C([2H])([2H])[2H])C([2H])([2H])[2H])C(CC(C)C)CN1CC2. The van der Waals surface area contributed by atoms with E-state index in [4.69, 9.17) is 143 Å². The summed E-state index contributed by atoms with van der Waals surface area (Å²) in [6.07, 6.45) is -5.14. The highest BCUT2D eigenvalue weighted by molar-refractivity contribution is 5.77. The highest BCUT2D eigenvalue weighted by Gasteiger charge is 2.47. The van der Waals surface area contributed by atoms with Gasteiger partial charge in [-0.3, -0.25) is 38.8 Å². The predicted molar refractivity (Wildman–Crippen MR) is 471 cm³/mol. The Balaban J connectivity index is 0.000000249.